The van der Waals surface area contributed by atoms with Gasteiger partial charge < -0.3 is 20.4 Å². The summed E-state index contributed by atoms with van der Waals surface area (Å²) in [5, 5.41) is 23.1. The number of hydrogen-bond donors (Lipinski definition) is 3. The van der Waals surface area contributed by atoms with Crippen molar-refractivity contribution in [3.63, 3.8) is 0 Å². The van der Waals surface area contributed by atoms with E-state index in [1.54, 1.807) is 33.0 Å². The van der Waals surface area contributed by atoms with Gasteiger partial charge in [0.05, 0.1) is 18.0 Å². The molecule has 1 heterocycles. The van der Waals surface area contributed by atoms with Crippen LogP contribution in [0.2, 0.25) is 0 Å². The predicted molar refractivity (Wildman–Crippen MR) is 90.5 cm³/mol. The number of phenolic OH excluding ortho intramolecular Hbond substituents is 1. The summed E-state index contributed by atoms with van der Waals surface area (Å²) in [5.41, 5.74) is 1.96. The van der Waals surface area contributed by atoms with Gasteiger partial charge in [0.1, 0.15) is 17.1 Å². The lowest BCUT2D eigenvalue weighted by molar-refractivity contribution is -0.121. The number of carbonyl (C=O) groups excluding carboxylic acids is 1. The molecule has 0 fully saturated rings. The molecular formula is C18H19FN2O3. The number of nitrogens with zero attached hydrogens (tertiary/aromatic N) is 1. The number of hydrogen-bond acceptors (Lipinski definition) is 4. The second-order valence-electron chi connectivity index (χ2n) is 6.42. The lowest BCUT2D eigenvalue weighted by atomic mass is 9.92. The molecule has 0 atom stereocenters. The summed E-state index contributed by atoms with van der Waals surface area (Å²) in [4.78, 5) is 14.0. The number of benzene rings is 2. The Kier molecular flexibility index (Phi) is 3.72. The van der Waals surface area contributed by atoms with Crippen LogP contribution in [0.3, 0.4) is 0 Å². The molecule has 0 radical (unpaired) electrons. The standard InChI is InChI=1S/C18H19FN2O3/c1-18(2)17(24)21(3)16-13(9-22)11(6-7-14(16)20-18)12-5-4-10(19)8-15(12)23/h4-8,20,22-23H,9H2,1-3H3. The van der Waals surface area contributed by atoms with Crippen molar-refractivity contribution in [3.05, 3.63) is 41.7 Å². The minimum atomic E-state index is -0.756. The van der Waals surface area contributed by atoms with Gasteiger partial charge in [-0.3, -0.25) is 4.79 Å². The number of likely N-dealkylation sites (N-methyl/N-ethyl adjacent to an activating group) is 1. The molecule has 1 amide bonds. The van der Waals surface area contributed by atoms with E-state index in [0.29, 0.717) is 22.4 Å². The molecule has 0 spiro atoms. The van der Waals surface area contributed by atoms with E-state index in [2.05, 4.69) is 5.32 Å². The van der Waals surface area contributed by atoms with Gasteiger partial charge in [-0.2, -0.15) is 0 Å². The van der Waals surface area contributed by atoms with Crippen molar-refractivity contribution in [2.75, 3.05) is 17.3 Å². The maximum atomic E-state index is 13.2. The molecule has 6 heteroatoms. The van der Waals surface area contributed by atoms with Gasteiger partial charge >= 0.3 is 0 Å². The van der Waals surface area contributed by atoms with Gasteiger partial charge in [0.25, 0.3) is 5.91 Å². The Balaban J connectivity index is 2.24. The van der Waals surface area contributed by atoms with E-state index in [1.807, 2.05) is 0 Å². The molecule has 0 saturated carbocycles. The average molecular weight is 330 g/mol. The molecule has 0 saturated heterocycles. The molecular weight excluding hydrogens is 311 g/mol. The van der Waals surface area contributed by atoms with Gasteiger partial charge in [0, 0.05) is 24.2 Å². The Labute approximate surface area is 139 Å². The number of phenols is 1. The molecule has 24 heavy (non-hydrogen) atoms. The highest BCUT2D eigenvalue weighted by Crippen LogP contribution is 2.43. The highest BCUT2D eigenvalue weighted by atomic mass is 19.1. The Morgan fingerprint density at radius 2 is 1.88 bits per heavy atom. The first-order valence-corrected chi connectivity index (χ1v) is 7.58. The lowest BCUT2D eigenvalue weighted by Gasteiger charge is -2.39. The number of anilines is 2. The van der Waals surface area contributed by atoms with Gasteiger partial charge in [-0.1, -0.05) is 6.07 Å². The molecule has 2 aromatic rings. The molecule has 0 aliphatic carbocycles. The van der Waals surface area contributed by atoms with Gasteiger partial charge in [-0.25, -0.2) is 4.39 Å². The van der Waals surface area contributed by atoms with E-state index in [0.717, 1.165) is 11.8 Å². The van der Waals surface area contributed by atoms with Crippen LogP contribution >= 0.6 is 0 Å². The maximum absolute atomic E-state index is 13.2. The largest absolute Gasteiger partial charge is 0.507 e. The molecule has 1 aliphatic heterocycles. The smallest absolute Gasteiger partial charge is 0.251 e. The third kappa shape index (κ3) is 2.39. The van der Waals surface area contributed by atoms with Crippen LogP contribution in [-0.2, 0) is 11.4 Å². The van der Waals surface area contributed by atoms with E-state index >= 15 is 0 Å². The van der Waals surface area contributed by atoms with E-state index in [9.17, 15) is 19.4 Å². The third-order valence-electron chi connectivity index (χ3n) is 4.31. The Hall–Kier alpha value is -2.60. The molecule has 1 aliphatic rings. The Morgan fingerprint density at radius 1 is 1.21 bits per heavy atom. The van der Waals surface area contributed by atoms with Crippen LogP contribution in [-0.4, -0.2) is 28.7 Å². The Morgan fingerprint density at radius 3 is 2.50 bits per heavy atom. The van der Waals surface area contributed by atoms with E-state index in [4.69, 9.17) is 0 Å². The number of halogens is 1. The lowest BCUT2D eigenvalue weighted by Crippen LogP contribution is -2.52. The van der Waals surface area contributed by atoms with Crippen LogP contribution in [0.4, 0.5) is 15.8 Å². The number of rotatable bonds is 2. The highest BCUT2D eigenvalue weighted by molar-refractivity contribution is 6.08. The molecule has 0 bridgehead atoms. The first-order valence-electron chi connectivity index (χ1n) is 7.58. The highest BCUT2D eigenvalue weighted by Gasteiger charge is 2.38. The minimum Gasteiger partial charge on any atom is -0.507 e. The van der Waals surface area contributed by atoms with Crippen LogP contribution in [0, 0.1) is 5.82 Å². The monoisotopic (exact) mass is 330 g/mol. The summed E-state index contributed by atoms with van der Waals surface area (Å²) < 4.78 is 13.2. The number of nitrogens with one attached hydrogen (secondary N) is 1. The molecule has 2 aromatic carbocycles. The van der Waals surface area contributed by atoms with Gasteiger partial charge in [0.15, 0.2) is 0 Å². The summed E-state index contributed by atoms with van der Waals surface area (Å²) in [7, 11) is 1.65. The molecule has 5 nitrogen and oxygen atoms in total. The van der Waals surface area contributed by atoms with Crippen molar-refractivity contribution >= 4 is 17.3 Å². The summed E-state index contributed by atoms with van der Waals surface area (Å²) in [6.45, 7) is 3.25. The summed E-state index contributed by atoms with van der Waals surface area (Å²) in [6.07, 6.45) is 0. The maximum Gasteiger partial charge on any atom is 0.251 e. The molecule has 0 unspecified atom stereocenters. The fourth-order valence-electron chi connectivity index (χ4n) is 3.18. The van der Waals surface area contributed by atoms with Crippen molar-refractivity contribution in [1.29, 1.82) is 0 Å². The zero-order valence-corrected chi connectivity index (χ0v) is 13.7. The second kappa shape index (κ2) is 5.49. The number of amides is 1. The van der Waals surface area contributed by atoms with Crippen molar-refractivity contribution < 1.29 is 19.4 Å². The van der Waals surface area contributed by atoms with Crippen molar-refractivity contribution in [1.82, 2.24) is 0 Å². The normalized spacial score (nSPS) is 15.9. The second-order valence-corrected chi connectivity index (χ2v) is 6.42. The quantitative estimate of drug-likeness (QED) is 0.792. The Bertz CT molecular complexity index is 833. The van der Waals surface area contributed by atoms with Crippen LogP contribution in [0.1, 0.15) is 19.4 Å². The van der Waals surface area contributed by atoms with Gasteiger partial charge in [-0.05, 0) is 37.6 Å². The fourth-order valence-corrected chi connectivity index (χ4v) is 3.18. The SMILES string of the molecule is CN1C(=O)C(C)(C)Nc2ccc(-c3ccc(F)cc3O)c(CO)c21. The van der Waals surface area contributed by atoms with Crippen LogP contribution in [0.25, 0.3) is 11.1 Å². The summed E-state index contributed by atoms with van der Waals surface area (Å²) in [5.74, 6) is -0.900. The van der Waals surface area contributed by atoms with Gasteiger partial charge in [0.2, 0.25) is 0 Å². The van der Waals surface area contributed by atoms with Crippen LogP contribution < -0.4 is 10.2 Å². The number of aliphatic hydroxyl groups excluding tert-OH is 1. The molecule has 126 valence electrons. The van der Waals surface area contributed by atoms with E-state index in [-0.39, 0.29) is 18.3 Å². The number of aromatic hydroxyl groups is 1. The zero-order chi connectivity index (χ0) is 17.6. The van der Waals surface area contributed by atoms with Crippen molar-refractivity contribution in [2.45, 2.75) is 26.0 Å². The fraction of sp³-hybridized carbons (Fsp3) is 0.278. The zero-order valence-electron chi connectivity index (χ0n) is 13.7. The minimum absolute atomic E-state index is 0.134. The van der Waals surface area contributed by atoms with E-state index in [1.165, 1.54) is 17.0 Å². The van der Waals surface area contributed by atoms with Gasteiger partial charge in [-0.15, -0.1) is 0 Å². The topological polar surface area (TPSA) is 72.8 Å². The number of aliphatic hydroxyl groups is 1. The molecule has 3 N–H and O–H groups in total. The van der Waals surface area contributed by atoms with Crippen molar-refractivity contribution in [2.24, 2.45) is 0 Å². The van der Waals surface area contributed by atoms with Crippen LogP contribution in [0.15, 0.2) is 30.3 Å². The van der Waals surface area contributed by atoms with E-state index < -0.39 is 11.4 Å². The summed E-state index contributed by atoms with van der Waals surface area (Å²) in [6, 6.07) is 7.24. The number of fused-ring (bicyclic) bond motifs is 1. The average Bonchev–Trinajstić information content (AvgIpc) is 2.52. The first kappa shape index (κ1) is 16.3. The predicted octanol–water partition coefficient (Wildman–Crippen LogP) is 2.86. The number of carbonyl (C=O) groups is 1. The van der Waals surface area contributed by atoms with Crippen molar-refractivity contribution in [3.8, 4) is 16.9 Å². The molecule has 0 aromatic heterocycles. The van der Waals surface area contributed by atoms with Crippen LogP contribution in [0.5, 0.6) is 5.75 Å². The third-order valence-corrected chi connectivity index (χ3v) is 4.31. The molecule has 3 rings (SSSR count). The summed E-state index contributed by atoms with van der Waals surface area (Å²) >= 11 is 0. The first-order chi connectivity index (χ1) is 11.3.